The van der Waals surface area contributed by atoms with E-state index in [0.29, 0.717) is 11.6 Å². The smallest absolute Gasteiger partial charge is 0.335 e. The highest BCUT2D eigenvalue weighted by Gasteiger charge is 2.40. The molecule has 0 fully saturated rings. The second-order valence-electron chi connectivity index (χ2n) is 7.53. The highest BCUT2D eigenvalue weighted by Crippen LogP contribution is 2.35. The number of fused-ring (bicyclic) bond motifs is 1. The average molecular weight is 506 g/mol. The third-order valence-corrected chi connectivity index (χ3v) is 5.37. The molecule has 1 aromatic carbocycles. The molecule has 0 saturated heterocycles. The largest absolute Gasteiger partial charge is 0.449 e. The third kappa shape index (κ3) is 5.16. The molecule has 182 valence electrons. The molecule has 0 N–H and O–H groups in total. The normalized spacial score (nSPS) is 13.4. The van der Waals surface area contributed by atoms with Gasteiger partial charge in [-0.1, -0.05) is 0 Å². The lowest BCUT2D eigenvalue weighted by atomic mass is 10.1. The number of amides is 1. The molecule has 0 saturated carbocycles. The number of nitrogens with zero attached hydrogens (tertiary/aromatic N) is 5. The van der Waals surface area contributed by atoms with Crippen LogP contribution in [0.25, 0.3) is 11.3 Å². The minimum atomic E-state index is -4.68. The van der Waals surface area contributed by atoms with Gasteiger partial charge >= 0.3 is 6.18 Å². The number of aryl methyl sites for hydroxylation is 1. The first-order valence-corrected chi connectivity index (χ1v) is 9.98. The average Bonchev–Trinajstić information content (AvgIpc) is 3.17. The first-order chi connectivity index (χ1) is 15.6. The summed E-state index contributed by atoms with van der Waals surface area (Å²) in [5, 5.41) is 0. The van der Waals surface area contributed by atoms with Gasteiger partial charge in [-0.2, -0.15) is 13.2 Å². The van der Waals surface area contributed by atoms with Gasteiger partial charge in [-0.15, -0.1) is 12.4 Å². The van der Waals surface area contributed by atoms with Crippen molar-refractivity contribution in [2.75, 3.05) is 6.54 Å². The number of hydrogen-bond donors (Lipinski definition) is 0. The highest BCUT2D eigenvalue weighted by molar-refractivity contribution is 5.85. The van der Waals surface area contributed by atoms with E-state index in [0.717, 1.165) is 10.6 Å². The molecule has 0 bridgehead atoms. The fourth-order valence-corrected chi connectivity index (χ4v) is 3.79. The number of rotatable bonds is 5. The Kier molecular flexibility index (Phi) is 7.49. The fraction of sp³-hybridized carbons (Fsp3) is 0.333. The molecule has 1 aliphatic rings. The molecule has 1 amide bonds. The van der Waals surface area contributed by atoms with Gasteiger partial charge in [0, 0.05) is 43.5 Å². The fourth-order valence-electron chi connectivity index (χ4n) is 3.79. The SMILES string of the molecule is Cl.O=C(CCCc1cc(F)c(F)cc1F)N1CCn2c(C(F)(F)F)nc(-c3cncnc3)c2C1. The molecule has 0 aliphatic carbocycles. The van der Waals surface area contributed by atoms with Gasteiger partial charge in [0.15, 0.2) is 11.6 Å². The van der Waals surface area contributed by atoms with E-state index in [1.807, 2.05) is 0 Å². The van der Waals surface area contributed by atoms with Crippen LogP contribution in [0, 0.1) is 17.5 Å². The monoisotopic (exact) mass is 505 g/mol. The van der Waals surface area contributed by atoms with Crippen molar-refractivity contribution in [1.29, 1.82) is 0 Å². The van der Waals surface area contributed by atoms with Crippen molar-refractivity contribution in [3.05, 3.63) is 65.4 Å². The van der Waals surface area contributed by atoms with Crippen molar-refractivity contribution < 1.29 is 31.1 Å². The van der Waals surface area contributed by atoms with Gasteiger partial charge in [0.2, 0.25) is 11.7 Å². The van der Waals surface area contributed by atoms with Crippen molar-refractivity contribution in [1.82, 2.24) is 24.4 Å². The standard InChI is InChI=1S/C21H17F6N5O.ClH/c22-14-7-16(24)15(23)6-12(14)2-1-3-18(33)31-4-5-32-17(10-31)19(13-8-28-11-29-9-13)30-20(32)21(25,26)27;/h6-9,11H,1-5,10H2;1H. The zero-order valence-electron chi connectivity index (χ0n) is 17.4. The van der Waals surface area contributed by atoms with Crippen LogP contribution in [0.3, 0.4) is 0 Å². The number of benzene rings is 1. The van der Waals surface area contributed by atoms with Crippen molar-refractivity contribution in [2.45, 2.75) is 38.5 Å². The van der Waals surface area contributed by atoms with E-state index in [-0.39, 0.29) is 74.2 Å². The van der Waals surface area contributed by atoms with Gasteiger partial charge in [0.1, 0.15) is 12.1 Å². The molecular weight excluding hydrogens is 488 g/mol. The molecule has 2 aromatic heterocycles. The van der Waals surface area contributed by atoms with Crippen LogP contribution in [0.5, 0.6) is 0 Å². The Hall–Kier alpha value is -3.15. The molecule has 4 rings (SSSR count). The predicted molar refractivity (Wildman–Crippen MR) is 110 cm³/mol. The molecule has 3 aromatic rings. The van der Waals surface area contributed by atoms with Gasteiger partial charge in [-0.05, 0) is 24.5 Å². The molecule has 1 aliphatic heterocycles. The van der Waals surface area contributed by atoms with Crippen LogP contribution in [-0.2, 0) is 30.5 Å². The number of carbonyl (C=O) groups excluding carboxylic acids is 1. The van der Waals surface area contributed by atoms with E-state index in [9.17, 15) is 31.1 Å². The van der Waals surface area contributed by atoms with Crippen molar-refractivity contribution in [3.8, 4) is 11.3 Å². The summed E-state index contributed by atoms with van der Waals surface area (Å²) < 4.78 is 81.7. The number of halogens is 7. The summed E-state index contributed by atoms with van der Waals surface area (Å²) in [6, 6.07) is 1.20. The van der Waals surface area contributed by atoms with Crippen LogP contribution in [0.2, 0.25) is 0 Å². The van der Waals surface area contributed by atoms with E-state index in [1.165, 1.54) is 23.6 Å². The molecule has 3 heterocycles. The summed E-state index contributed by atoms with van der Waals surface area (Å²) in [4.78, 5) is 25.5. The Morgan fingerprint density at radius 2 is 1.68 bits per heavy atom. The minimum Gasteiger partial charge on any atom is -0.335 e. The Balaban J connectivity index is 0.00000324. The number of imidazole rings is 1. The summed E-state index contributed by atoms with van der Waals surface area (Å²) >= 11 is 0. The second-order valence-corrected chi connectivity index (χ2v) is 7.53. The molecule has 6 nitrogen and oxygen atoms in total. The van der Waals surface area contributed by atoms with E-state index in [1.54, 1.807) is 0 Å². The zero-order chi connectivity index (χ0) is 23.8. The topological polar surface area (TPSA) is 63.9 Å². The Labute approximate surface area is 196 Å². The maximum Gasteiger partial charge on any atom is 0.449 e. The van der Waals surface area contributed by atoms with Crippen LogP contribution < -0.4 is 0 Å². The minimum absolute atomic E-state index is 0. The molecule has 34 heavy (non-hydrogen) atoms. The van der Waals surface area contributed by atoms with Crippen molar-refractivity contribution in [3.63, 3.8) is 0 Å². The number of alkyl halides is 3. The molecule has 0 atom stereocenters. The predicted octanol–water partition coefficient (Wildman–Crippen LogP) is 4.56. The van der Waals surface area contributed by atoms with Crippen LogP contribution in [-0.4, -0.2) is 36.9 Å². The maximum atomic E-state index is 13.8. The lowest BCUT2D eigenvalue weighted by Crippen LogP contribution is -2.39. The van der Waals surface area contributed by atoms with Gasteiger partial charge in [-0.3, -0.25) is 4.79 Å². The van der Waals surface area contributed by atoms with Gasteiger partial charge in [0.25, 0.3) is 0 Å². The quantitative estimate of drug-likeness (QED) is 0.377. The third-order valence-electron chi connectivity index (χ3n) is 5.37. The summed E-state index contributed by atoms with van der Waals surface area (Å²) in [6.45, 7) is -0.171. The first-order valence-electron chi connectivity index (χ1n) is 9.98. The molecular formula is C21H18ClF6N5O. The van der Waals surface area contributed by atoms with E-state index in [4.69, 9.17) is 0 Å². The Morgan fingerprint density at radius 3 is 2.35 bits per heavy atom. The van der Waals surface area contributed by atoms with E-state index >= 15 is 0 Å². The Bertz CT molecular complexity index is 1180. The van der Waals surface area contributed by atoms with Crippen LogP contribution in [0.1, 0.15) is 29.9 Å². The lowest BCUT2D eigenvalue weighted by molar-refractivity contribution is -0.148. The van der Waals surface area contributed by atoms with Crippen molar-refractivity contribution >= 4 is 18.3 Å². The highest BCUT2D eigenvalue weighted by atomic mass is 35.5. The summed E-state index contributed by atoms with van der Waals surface area (Å²) in [6.07, 6.45) is -0.635. The van der Waals surface area contributed by atoms with Crippen molar-refractivity contribution in [2.24, 2.45) is 0 Å². The van der Waals surface area contributed by atoms with E-state index in [2.05, 4.69) is 15.0 Å². The van der Waals surface area contributed by atoms with Gasteiger partial charge in [0.05, 0.1) is 17.9 Å². The van der Waals surface area contributed by atoms with Gasteiger partial charge in [-0.25, -0.2) is 28.1 Å². The molecule has 0 radical (unpaired) electrons. The van der Waals surface area contributed by atoms with Crippen LogP contribution in [0.15, 0.2) is 30.9 Å². The number of hydrogen-bond acceptors (Lipinski definition) is 4. The summed E-state index contributed by atoms with van der Waals surface area (Å²) in [7, 11) is 0. The second kappa shape index (κ2) is 10.00. The number of aromatic nitrogens is 4. The molecule has 13 heteroatoms. The first kappa shape index (κ1) is 25.5. The van der Waals surface area contributed by atoms with Crippen LogP contribution in [0.4, 0.5) is 26.3 Å². The van der Waals surface area contributed by atoms with Gasteiger partial charge < -0.3 is 9.47 Å². The molecule has 0 spiro atoms. The lowest BCUT2D eigenvalue weighted by Gasteiger charge is -2.30. The van der Waals surface area contributed by atoms with Crippen LogP contribution >= 0.6 is 12.4 Å². The molecule has 0 unspecified atom stereocenters. The van der Waals surface area contributed by atoms with E-state index < -0.39 is 29.5 Å². The zero-order valence-corrected chi connectivity index (χ0v) is 18.3. The summed E-state index contributed by atoms with van der Waals surface area (Å²) in [5.74, 6) is -4.79. The summed E-state index contributed by atoms with van der Waals surface area (Å²) in [5.41, 5.74) is 0.493. The number of carbonyl (C=O) groups is 1. The Morgan fingerprint density at radius 1 is 1.00 bits per heavy atom. The maximum absolute atomic E-state index is 13.8.